The molecule has 0 aliphatic carbocycles. The lowest BCUT2D eigenvalue weighted by molar-refractivity contribution is -0.933. The molecule has 1 aromatic heterocycles. The average Bonchev–Trinajstić information content (AvgIpc) is 3.19. The van der Waals surface area contributed by atoms with E-state index in [4.69, 9.17) is 42.8 Å². The number of aromatic nitrogens is 2. The zero-order valence-corrected chi connectivity index (χ0v) is 32.9. The van der Waals surface area contributed by atoms with E-state index in [2.05, 4.69) is 25.9 Å². The van der Waals surface area contributed by atoms with Crippen LogP contribution in [0.4, 0.5) is 11.6 Å². The van der Waals surface area contributed by atoms with E-state index in [1.54, 1.807) is 0 Å². The molecule has 16 heteroatoms. The van der Waals surface area contributed by atoms with Crippen LogP contribution in [0, 0.1) is 0 Å². The average molecular weight is 798 g/mol. The summed E-state index contributed by atoms with van der Waals surface area (Å²) in [6.45, 7) is 4.70. The van der Waals surface area contributed by atoms with E-state index in [-0.39, 0.29) is 66.8 Å². The summed E-state index contributed by atoms with van der Waals surface area (Å²) in [5.41, 5.74) is 14.0. The van der Waals surface area contributed by atoms with Crippen LogP contribution in [0.1, 0.15) is 73.0 Å². The fourth-order valence-corrected chi connectivity index (χ4v) is 7.02. The Bertz CT molecular complexity index is 1600. The fraction of sp³-hybridized carbons (Fsp3) is 0.525. The number of aliphatic hydroxyl groups is 2. The lowest BCUT2D eigenvalue weighted by Gasteiger charge is -2.45. The SMILES string of the molecule is Nc1nc(N)c(C(=O)NC2CCC[N+](CCCc3ccc(OCC(=O)NCCCCO)cc3)(CCCc3ccc(OCC(=O)NCCCCO)cc3)C2)nc1Cl. The minimum atomic E-state index is -0.426. The van der Waals surface area contributed by atoms with Gasteiger partial charge in [0.05, 0.1) is 32.2 Å². The summed E-state index contributed by atoms with van der Waals surface area (Å²) in [5, 5.41) is 26.4. The number of nitrogens with one attached hydrogen (secondary N) is 3. The summed E-state index contributed by atoms with van der Waals surface area (Å²) in [6.07, 6.45) is 8.09. The number of hydrogen-bond acceptors (Lipinski definition) is 11. The first-order valence-electron chi connectivity index (χ1n) is 19.5. The summed E-state index contributed by atoms with van der Waals surface area (Å²) >= 11 is 6.06. The minimum Gasteiger partial charge on any atom is -0.484 e. The first-order valence-corrected chi connectivity index (χ1v) is 19.9. The predicted octanol–water partition coefficient (Wildman–Crippen LogP) is 2.80. The third-order valence-electron chi connectivity index (χ3n) is 9.84. The standard InChI is InChI=1S/C40H57ClN8O7/c41-37-39(43)48-38(42)36(47-37)40(54)46-31-10-7-23-49(26-31,21-5-8-29-11-15-32(16-12-29)55-27-34(52)44-19-1-3-24-50)22-6-9-30-13-17-33(18-14-30)56-28-35(53)45-20-2-4-25-51/h11-18,31,50-51H,1-10,19-28H2,(H6-,42,43,44,45,46,48,52,53,54)/p+1. The largest absolute Gasteiger partial charge is 0.484 e. The van der Waals surface area contributed by atoms with E-state index in [0.717, 1.165) is 82.0 Å². The summed E-state index contributed by atoms with van der Waals surface area (Å²) in [7, 11) is 0. The van der Waals surface area contributed by atoms with Crippen molar-refractivity contribution < 1.29 is 38.6 Å². The van der Waals surface area contributed by atoms with Crippen LogP contribution in [0.3, 0.4) is 0 Å². The van der Waals surface area contributed by atoms with E-state index >= 15 is 0 Å². The Morgan fingerprint density at radius 2 is 1.27 bits per heavy atom. The monoisotopic (exact) mass is 797 g/mol. The Balaban J connectivity index is 1.33. The molecule has 2 heterocycles. The van der Waals surface area contributed by atoms with Gasteiger partial charge in [0, 0.05) is 39.1 Å². The molecular weight excluding hydrogens is 740 g/mol. The molecule has 0 radical (unpaired) electrons. The first-order chi connectivity index (χ1) is 27.1. The summed E-state index contributed by atoms with van der Waals surface area (Å²) in [4.78, 5) is 45.4. The van der Waals surface area contributed by atoms with Gasteiger partial charge in [0.1, 0.15) is 11.5 Å². The number of nitrogens with zero attached hydrogens (tertiary/aromatic N) is 3. The molecule has 1 aliphatic rings. The number of quaternary nitrogens is 1. The Morgan fingerprint density at radius 1 is 0.750 bits per heavy atom. The van der Waals surface area contributed by atoms with Crippen molar-refractivity contribution in [2.75, 3.05) is 77.2 Å². The second-order valence-electron chi connectivity index (χ2n) is 14.3. The van der Waals surface area contributed by atoms with Crippen molar-refractivity contribution in [3.63, 3.8) is 0 Å². The van der Waals surface area contributed by atoms with E-state index in [0.29, 0.717) is 37.4 Å². The molecule has 1 saturated heterocycles. The second kappa shape index (κ2) is 23.4. The van der Waals surface area contributed by atoms with Gasteiger partial charge in [-0.15, -0.1) is 0 Å². The number of ether oxygens (including phenoxy) is 2. The van der Waals surface area contributed by atoms with Gasteiger partial charge in [-0.3, -0.25) is 14.4 Å². The molecule has 0 spiro atoms. The fourth-order valence-electron chi connectivity index (χ4n) is 6.89. The molecule has 15 nitrogen and oxygen atoms in total. The smallest absolute Gasteiger partial charge is 0.274 e. The highest BCUT2D eigenvalue weighted by atomic mass is 35.5. The van der Waals surface area contributed by atoms with E-state index in [9.17, 15) is 14.4 Å². The number of carbonyl (C=O) groups excluding carboxylic acids is 3. The van der Waals surface area contributed by atoms with Crippen LogP contribution in [0.25, 0.3) is 0 Å². The maximum Gasteiger partial charge on any atom is 0.274 e. The molecular formula is C40H58ClN8O7+. The van der Waals surface area contributed by atoms with Gasteiger partial charge in [0.15, 0.2) is 35.7 Å². The second-order valence-corrected chi connectivity index (χ2v) is 14.6. The number of amides is 3. The maximum absolute atomic E-state index is 13.3. The molecule has 4 rings (SSSR count). The van der Waals surface area contributed by atoms with Crippen molar-refractivity contribution in [3.05, 3.63) is 70.5 Å². The Labute approximate surface area is 334 Å². The molecule has 3 aromatic rings. The molecule has 56 heavy (non-hydrogen) atoms. The molecule has 1 unspecified atom stereocenters. The van der Waals surface area contributed by atoms with Gasteiger partial charge in [0.25, 0.3) is 17.7 Å². The summed E-state index contributed by atoms with van der Waals surface area (Å²) in [5.74, 6) is 0.343. The van der Waals surface area contributed by atoms with Gasteiger partial charge in [-0.2, -0.15) is 0 Å². The highest BCUT2D eigenvalue weighted by molar-refractivity contribution is 6.31. The van der Waals surface area contributed by atoms with Crippen LogP contribution in [0.15, 0.2) is 48.5 Å². The summed E-state index contributed by atoms with van der Waals surface area (Å²) < 4.78 is 12.2. The number of anilines is 2. The number of hydrogen-bond donors (Lipinski definition) is 7. The molecule has 0 bridgehead atoms. The molecule has 2 aromatic carbocycles. The lowest BCUT2D eigenvalue weighted by Crippen LogP contribution is -2.60. The van der Waals surface area contributed by atoms with Crippen molar-refractivity contribution in [1.82, 2.24) is 25.9 Å². The van der Waals surface area contributed by atoms with Gasteiger partial charge in [-0.1, -0.05) is 35.9 Å². The van der Waals surface area contributed by atoms with E-state index < -0.39 is 5.91 Å². The van der Waals surface area contributed by atoms with Gasteiger partial charge in [-0.25, -0.2) is 9.97 Å². The van der Waals surface area contributed by atoms with Crippen LogP contribution < -0.4 is 36.9 Å². The minimum absolute atomic E-state index is 0.0271. The predicted molar refractivity (Wildman–Crippen MR) is 215 cm³/mol. The van der Waals surface area contributed by atoms with Crippen LogP contribution in [0.5, 0.6) is 11.5 Å². The third kappa shape index (κ3) is 15.1. The van der Waals surface area contributed by atoms with Crippen LogP contribution in [-0.2, 0) is 22.4 Å². The maximum atomic E-state index is 13.3. The molecule has 3 amide bonds. The van der Waals surface area contributed by atoms with Crippen LogP contribution >= 0.6 is 11.6 Å². The Kier molecular flexibility index (Phi) is 18.4. The number of aryl methyl sites for hydroxylation is 2. The number of likely N-dealkylation sites (tertiary alicyclic amines) is 1. The summed E-state index contributed by atoms with van der Waals surface area (Å²) in [6, 6.07) is 15.6. The molecule has 1 atom stereocenters. The molecule has 9 N–H and O–H groups in total. The number of rotatable bonds is 24. The zero-order valence-electron chi connectivity index (χ0n) is 32.1. The Morgan fingerprint density at radius 3 is 1.77 bits per heavy atom. The Hall–Kier alpha value is -4.70. The number of halogens is 1. The molecule has 306 valence electrons. The lowest BCUT2D eigenvalue weighted by atomic mass is 9.99. The van der Waals surface area contributed by atoms with Crippen LogP contribution in [-0.4, -0.2) is 114 Å². The van der Waals surface area contributed by atoms with Crippen molar-refractivity contribution >= 4 is 41.0 Å². The molecule has 1 aliphatic heterocycles. The number of nitrogen functional groups attached to an aromatic ring is 2. The van der Waals surface area contributed by atoms with E-state index in [1.807, 2.05) is 48.5 Å². The highest BCUT2D eigenvalue weighted by Gasteiger charge is 2.35. The number of aliphatic hydroxyl groups excluding tert-OH is 2. The van der Waals surface area contributed by atoms with E-state index in [1.165, 1.54) is 11.1 Å². The number of nitrogens with two attached hydrogens (primary N) is 2. The normalized spacial score (nSPS) is 14.8. The third-order valence-corrected chi connectivity index (χ3v) is 10.1. The number of carbonyl (C=O) groups is 3. The number of unbranched alkanes of at least 4 members (excludes halogenated alkanes) is 2. The van der Waals surface area contributed by atoms with Crippen molar-refractivity contribution in [2.24, 2.45) is 0 Å². The quantitative estimate of drug-likeness (QED) is 0.0516. The zero-order chi connectivity index (χ0) is 40.2. The van der Waals surface area contributed by atoms with Gasteiger partial charge in [-0.05, 0) is 86.8 Å². The number of piperidine rings is 1. The van der Waals surface area contributed by atoms with Gasteiger partial charge >= 0.3 is 0 Å². The van der Waals surface area contributed by atoms with Gasteiger partial charge < -0.3 is 51.6 Å². The van der Waals surface area contributed by atoms with Gasteiger partial charge in [0.2, 0.25) is 0 Å². The number of benzene rings is 2. The topological polar surface area (TPSA) is 224 Å². The first kappa shape index (κ1) is 44.0. The molecule has 0 saturated carbocycles. The highest BCUT2D eigenvalue weighted by Crippen LogP contribution is 2.25. The molecule has 1 fully saturated rings. The van der Waals surface area contributed by atoms with Crippen molar-refractivity contribution in [3.8, 4) is 11.5 Å². The van der Waals surface area contributed by atoms with Crippen molar-refractivity contribution in [1.29, 1.82) is 0 Å². The van der Waals surface area contributed by atoms with Crippen molar-refractivity contribution in [2.45, 2.75) is 70.3 Å². The van der Waals surface area contributed by atoms with Crippen LogP contribution in [0.2, 0.25) is 5.15 Å².